The van der Waals surface area contributed by atoms with Crippen molar-refractivity contribution in [2.45, 2.75) is 52.1 Å². The van der Waals surface area contributed by atoms with Gasteiger partial charge in [-0.05, 0) is 51.1 Å². The summed E-state index contributed by atoms with van der Waals surface area (Å²) in [6.07, 6.45) is 6.84. The molecule has 0 saturated heterocycles. The molecule has 0 radical (unpaired) electrons. The quantitative estimate of drug-likeness (QED) is 0.687. The highest BCUT2D eigenvalue weighted by molar-refractivity contribution is 4.78. The van der Waals surface area contributed by atoms with E-state index in [2.05, 4.69) is 19.2 Å². The van der Waals surface area contributed by atoms with Crippen LogP contribution in [-0.2, 0) is 4.74 Å². The monoisotopic (exact) mass is 199 g/mol. The zero-order valence-corrected chi connectivity index (χ0v) is 9.94. The topological polar surface area (TPSA) is 21.3 Å². The fourth-order valence-corrected chi connectivity index (χ4v) is 2.04. The van der Waals surface area contributed by atoms with Gasteiger partial charge in [-0.2, -0.15) is 0 Å². The van der Waals surface area contributed by atoms with Gasteiger partial charge in [-0.15, -0.1) is 0 Å². The van der Waals surface area contributed by atoms with Crippen LogP contribution in [0.4, 0.5) is 0 Å². The second kappa shape index (κ2) is 5.72. The van der Waals surface area contributed by atoms with Gasteiger partial charge in [0.05, 0.1) is 6.10 Å². The van der Waals surface area contributed by atoms with Gasteiger partial charge in [-0.1, -0.05) is 13.8 Å². The first-order valence-corrected chi connectivity index (χ1v) is 5.90. The summed E-state index contributed by atoms with van der Waals surface area (Å²) in [4.78, 5) is 0. The second-order valence-corrected chi connectivity index (χ2v) is 5.19. The lowest BCUT2D eigenvalue weighted by Crippen LogP contribution is -2.27. The molecule has 2 heteroatoms. The third kappa shape index (κ3) is 4.43. The van der Waals surface area contributed by atoms with Crippen LogP contribution in [0.3, 0.4) is 0 Å². The molecule has 1 saturated carbocycles. The molecule has 0 aromatic carbocycles. The van der Waals surface area contributed by atoms with Crippen molar-refractivity contribution in [1.82, 2.24) is 5.32 Å². The van der Waals surface area contributed by atoms with Crippen LogP contribution in [-0.4, -0.2) is 26.3 Å². The minimum atomic E-state index is 0.542. The van der Waals surface area contributed by atoms with Gasteiger partial charge in [0.15, 0.2) is 0 Å². The Bertz CT molecular complexity index is 146. The van der Waals surface area contributed by atoms with E-state index in [0.717, 1.165) is 19.6 Å². The average molecular weight is 199 g/mol. The van der Waals surface area contributed by atoms with Crippen molar-refractivity contribution in [3.8, 4) is 0 Å². The zero-order chi connectivity index (χ0) is 10.4. The lowest BCUT2D eigenvalue weighted by atomic mass is 9.76. The van der Waals surface area contributed by atoms with Crippen molar-refractivity contribution >= 4 is 0 Å². The third-order valence-corrected chi connectivity index (χ3v) is 3.21. The minimum absolute atomic E-state index is 0.542. The lowest BCUT2D eigenvalue weighted by Gasteiger charge is -2.34. The van der Waals surface area contributed by atoms with E-state index in [-0.39, 0.29) is 0 Å². The van der Waals surface area contributed by atoms with E-state index in [0.29, 0.717) is 11.5 Å². The molecule has 84 valence electrons. The third-order valence-electron chi connectivity index (χ3n) is 3.21. The van der Waals surface area contributed by atoms with E-state index >= 15 is 0 Å². The van der Waals surface area contributed by atoms with Crippen LogP contribution in [0.1, 0.15) is 46.0 Å². The molecule has 0 bridgehead atoms. The number of hydrogen-bond acceptors (Lipinski definition) is 2. The summed E-state index contributed by atoms with van der Waals surface area (Å²) in [5.41, 5.74) is 0.560. The van der Waals surface area contributed by atoms with Crippen molar-refractivity contribution in [2.24, 2.45) is 5.41 Å². The summed E-state index contributed by atoms with van der Waals surface area (Å²) >= 11 is 0. The second-order valence-electron chi connectivity index (χ2n) is 5.19. The Morgan fingerprint density at radius 1 is 1.29 bits per heavy atom. The molecule has 0 unspecified atom stereocenters. The molecular formula is C12H25NO. The van der Waals surface area contributed by atoms with Crippen LogP contribution < -0.4 is 5.32 Å². The van der Waals surface area contributed by atoms with Gasteiger partial charge in [-0.3, -0.25) is 0 Å². The van der Waals surface area contributed by atoms with Gasteiger partial charge >= 0.3 is 0 Å². The van der Waals surface area contributed by atoms with Crippen LogP contribution in [0.2, 0.25) is 0 Å². The van der Waals surface area contributed by atoms with Crippen LogP contribution in [0.15, 0.2) is 0 Å². The molecule has 1 aliphatic rings. The molecule has 0 aromatic heterocycles. The standard InChI is InChI=1S/C12H25NO/c1-12(2)7-5-11(6-8-12)14-10-4-9-13-3/h11,13H,4-10H2,1-3H3. The first-order chi connectivity index (χ1) is 6.64. The fraction of sp³-hybridized carbons (Fsp3) is 1.00. The lowest BCUT2D eigenvalue weighted by molar-refractivity contribution is 0.00366. The van der Waals surface area contributed by atoms with E-state index in [1.54, 1.807) is 0 Å². The van der Waals surface area contributed by atoms with Gasteiger partial charge in [0.2, 0.25) is 0 Å². The van der Waals surface area contributed by atoms with Crippen LogP contribution in [0, 0.1) is 5.41 Å². The molecule has 0 heterocycles. The molecule has 0 atom stereocenters. The van der Waals surface area contributed by atoms with Gasteiger partial charge in [0, 0.05) is 6.61 Å². The van der Waals surface area contributed by atoms with Crippen molar-refractivity contribution in [2.75, 3.05) is 20.2 Å². The van der Waals surface area contributed by atoms with Crippen molar-refractivity contribution in [1.29, 1.82) is 0 Å². The summed E-state index contributed by atoms with van der Waals surface area (Å²) in [6.45, 7) is 6.72. The Morgan fingerprint density at radius 2 is 1.93 bits per heavy atom. The number of ether oxygens (including phenoxy) is 1. The molecule has 1 rings (SSSR count). The molecule has 0 amide bonds. The Hall–Kier alpha value is -0.0800. The van der Waals surface area contributed by atoms with Gasteiger partial charge < -0.3 is 10.1 Å². The van der Waals surface area contributed by atoms with Crippen LogP contribution in [0.5, 0.6) is 0 Å². The maximum absolute atomic E-state index is 5.84. The molecule has 0 spiro atoms. The fourth-order valence-electron chi connectivity index (χ4n) is 2.04. The summed E-state index contributed by atoms with van der Waals surface area (Å²) in [7, 11) is 1.99. The maximum Gasteiger partial charge on any atom is 0.0575 e. The highest BCUT2D eigenvalue weighted by atomic mass is 16.5. The Morgan fingerprint density at radius 3 is 2.50 bits per heavy atom. The number of nitrogens with one attached hydrogen (secondary N) is 1. The predicted octanol–water partition coefficient (Wildman–Crippen LogP) is 2.58. The zero-order valence-electron chi connectivity index (χ0n) is 9.94. The van der Waals surface area contributed by atoms with Crippen molar-refractivity contribution in [3.63, 3.8) is 0 Å². The molecule has 1 aliphatic carbocycles. The van der Waals surface area contributed by atoms with Crippen molar-refractivity contribution in [3.05, 3.63) is 0 Å². The van der Waals surface area contributed by atoms with E-state index < -0.39 is 0 Å². The first kappa shape index (κ1) is 12.0. The summed E-state index contributed by atoms with van der Waals surface area (Å²) in [6, 6.07) is 0. The number of rotatable bonds is 5. The van der Waals surface area contributed by atoms with Gasteiger partial charge in [0.25, 0.3) is 0 Å². The summed E-state index contributed by atoms with van der Waals surface area (Å²) in [5.74, 6) is 0. The van der Waals surface area contributed by atoms with Crippen LogP contribution >= 0.6 is 0 Å². The highest BCUT2D eigenvalue weighted by Gasteiger charge is 2.26. The van der Waals surface area contributed by atoms with Gasteiger partial charge in [0.1, 0.15) is 0 Å². The van der Waals surface area contributed by atoms with E-state index in [9.17, 15) is 0 Å². The molecule has 1 fully saturated rings. The summed E-state index contributed by atoms with van der Waals surface area (Å²) in [5, 5.41) is 3.14. The first-order valence-electron chi connectivity index (χ1n) is 5.90. The SMILES string of the molecule is CNCCCOC1CCC(C)(C)CC1. The predicted molar refractivity (Wildman–Crippen MR) is 60.5 cm³/mol. The molecule has 1 N–H and O–H groups in total. The van der Waals surface area contributed by atoms with E-state index in [1.165, 1.54) is 25.7 Å². The molecule has 0 aliphatic heterocycles. The Labute approximate surface area is 88.4 Å². The minimum Gasteiger partial charge on any atom is -0.378 e. The largest absolute Gasteiger partial charge is 0.378 e. The molecule has 0 aromatic rings. The Kier molecular flexibility index (Phi) is 4.90. The van der Waals surface area contributed by atoms with E-state index in [4.69, 9.17) is 4.74 Å². The average Bonchev–Trinajstić information content (AvgIpc) is 2.15. The van der Waals surface area contributed by atoms with Gasteiger partial charge in [-0.25, -0.2) is 0 Å². The normalized spacial score (nSPS) is 22.5. The Balaban J connectivity index is 2.04. The van der Waals surface area contributed by atoms with E-state index in [1.807, 2.05) is 7.05 Å². The molecule has 14 heavy (non-hydrogen) atoms. The molecular weight excluding hydrogens is 174 g/mol. The maximum atomic E-state index is 5.84. The van der Waals surface area contributed by atoms with Crippen LogP contribution in [0.25, 0.3) is 0 Å². The number of hydrogen-bond donors (Lipinski definition) is 1. The molecule has 2 nitrogen and oxygen atoms in total. The summed E-state index contributed by atoms with van der Waals surface area (Å²) < 4.78 is 5.84. The smallest absolute Gasteiger partial charge is 0.0575 e. The van der Waals surface area contributed by atoms with Crippen molar-refractivity contribution < 1.29 is 4.74 Å². The highest BCUT2D eigenvalue weighted by Crippen LogP contribution is 2.36.